The number of hydrogen-bond donors (Lipinski definition) is 0. The van der Waals surface area contributed by atoms with Gasteiger partial charge in [-0.05, 0) is 25.1 Å². The van der Waals surface area contributed by atoms with Gasteiger partial charge in [0, 0.05) is 12.4 Å². The summed E-state index contributed by atoms with van der Waals surface area (Å²) in [6, 6.07) is 5.23. The lowest BCUT2D eigenvalue weighted by molar-refractivity contribution is -0.139. The maximum atomic E-state index is 11.3. The Morgan fingerprint density at radius 2 is 2.20 bits per heavy atom. The standard InChI is InChI=1S/C13H12ClN3O2S/c1-2-19-11(18)8-20-13-16-7-5-10(17-13)12-9(14)4-3-6-15-12/h3-7H,2,8H2,1H3. The Morgan fingerprint density at radius 1 is 1.35 bits per heavy atom. The van der Waals surface area contributed by atoms with E-state index in [1.165, 1.54) is 11.8 Å². The predicted octanol–water partition coefficient (Wildman–Crippen LogP) is 2.85. The molecule has 0 fully saturated rings. The Labute approximate surface area is 125 Å². The van der Waals surface area contributed by atoms with Crippen LogP contribution >= 0.6 is 23.4 Å². The highest BCUT2D eigenvalue weighted by Gasteiger charge is 2.09. The summed E-state index contributed by atoms with van der Waals surface area (Å²) in [6.07, 6.45) is 3.26. The van der Waals surface area contributed by atoms with Crippen LogP contribution < -0.4 is 0 Å². The van der Waals surface area contributed by atoms with Crippen LogP contribution in [0.15, 0.2) is 35.7 Å². The summed E-state index contributed by atoms with van der Waals surface area (Å²) in [5.41, 5.74) is 1.21. The topological polar surface area (TPSA) is 65.0 Å². The normalized spacial score (nSPS) is 10.3. The number of hydrogen-bond acceptors (Lipinski definition) is 6. The molecule has 0 aliphatic carbocycles. The zero-order valence-corrected chi connectivity index (χ0v) is 12.3. The van der Waals surface area contributed by atoms with Gasteiger partial charge in [0.2, 0.25) is 0 Å². The molecule has 7 heteroatoms. The molecule has 2 rings (SSSR count). The van der Waals surface area contributed by atoms with E-state index in [-0.39, 0.29) is 11.7 Å². The van der Waals surface area contributed by atoms with Gasteiger partial charge in [0.05, 0.1) is 23.1 Å². The van der Waals surface area contributed by atoms with Crippen molar-refractivity contribution in [3.8, 4) is 11.4 Å². The molecule has 2 aromatic rings. The first-order valence-corrected chi connectivity index (χ1v) is 7.29. The van der Waals surface area contributed by atoms with Crippen LogP contribution in [0, 0.1) is 0 Å². The van der Waals surface area contributed by atoms with Crippen molar-refractivity contribution in [1.29, 1.82) is 0 Å². The summed E-state index contributed by atoms with van der Waals surface area (Å²) in [7, 11) is 0. The van der Waals surface area contributed by atoms with Gasteiger partial charge in [-0.1, -0.05) is 23.4 Å². The fourth-order valence-electron chi connectivity index (χ4n) is 1.44. The van der Waals surface area contributed by atoms with Crippen molar-refractivity contribution in [2.45, 2.75) is 12.1 Å². The highest BCUT2D eigenvalue weighted by Crippen LogP contribution is 2.24. The van der Waals surface area contributed by atoms with Crippen molar-refractivity contribution in [3.05, 3.63) is 35.6 Å². The second kappa shape index (κ2) is 7.21. The third-order valence-electron chi connectivity index (χ3n) is 2.26. The second-order valence-electron chi connectivity index (χ2n) is 3.65. The van der Waals surface area contributed by atoms with Crippen molar-refractivity contribution in [1.82, 2.24) is 15.0 Å². The molecule has 0 saturated carbocycles. The molecule has 20 heavy (non-hydrogen) atoms. The third kappa shape index (κ3) is 3.91. The molecular weight excluding hydrogens is 298 g/mol. The molecule has 0 saturated heterocycles. The largest absolute Gasteiger partial charge is 0.465 e. The maximum Gasteiger partial charge on any atom is 0.316 e. The Hall–Kier alpha value is -1.66. The smallest absolute Gasteiger partial charge is 0.316 e. The Kier molecular flexibility index (Phi) is 5.31. The van der Waals surface area contributed by atoms with E-state index < -0.39 is 0 Å². The minimum atomic E-state index is -0.289. The predicted molar refractivity (Wildman–Crippen MR) is 77.6 cm³/mol. The summed E-state index contributed by atoms with van der Waals surface area (Å²) in [5.74, 6) is -0.116. The van der Waals surface area contributed by atoms with E-state index in [1.54, 1.807) is 37.5 Å². The molecule has 2 heterocycles. The van der Waals surface area contributed by atoms with Crippen LogP contribution in [0.4, 0.5) is 0 Å². The van der Waals surface area contributed by atoms with Crippen molar-refractivity contribution in [2.24, 2.45) is 0 Å². The number of thioether (sulfide) groups is 1. The molecule has 0 bridgehead atoms. The molecule has 0 unspecified atom stereocenters. The third-order valence-corrected chi connectivity index (χ3v) is 3.40. The zero-order valence-electron chi connectivity index (χ0n) is 10.7. The monoisotopic (exact) mass is 309 g/mol. The van der Waals surface area contributed by atoms with Crippen molar-refractivity contribution in [2.75, 3.05) is 12.4 Å². The lowest BCUT2D eigenvalue weighted by Gasteiger charge is -2.04. The Morgan fingerprint density at radius 3 is 2.95 bits per heavy atom. The fourth-order valence-corrected chi connectivity index (χ4v) is 2.29. The molecular formula is C13H12ClN3O2S. The van der Waals surface area contributed by atoms with Gasteiger partial charge in [-0.25, -0.2) is 9.97 Å². The van der Waals surface area contributed by atoms with E-state index in [1.807, 2.05) is 0 Å². The van der Waals surface area contributed by atoms with Gasteiger partial charge in [0.1, 0.15) is 5.69 Å². The number of halogens is 1. The number of nitrogens with zero attached hydrogens (tertiary/aromatic N) is 3. The van der Waals surface area contributed by atoms with Crippen molar-refractivity contribution >= 4 is 29.3 Å². The summed E-state index contributed by atoms with van der Waals surface area (Å²) in [4.78, 5) is 23.9. The SMILES string of the molecule is CCOC(=O)CSc1nccc(-c2ncccc2Cl)n1. The number of ether oxygens (including phenoxy) is 1. The van der Waals surface area contributed by atoms with Crippen molar-refractivity contribution < 1.29 is 9.53 Å². The van der Waals surface area contributed by atoms with Crippen LogP contribution in [0.3, 0.4) is 0 Å². The molecule has 0 aliphatic rings. The molecule has 0 spiro atoms. The highest BCUT2D eigenvalue weighted by atomic mass is 35.5. The fraction of sp³-hybridized carbons (Fsp3) is 0.231. The average molecular weight is 310 g/mol. The van der Waals surface area contributed by atoms with E-state index in [9.17, 15) is 4.79 Å². The number of aromatic nitrogens is 3. The van der Waals surface area contributed by atoms with Gasteiger partial charge in [-0.15, -0.1) is 0 Å². The number of esters is 1. The number of rotatable bonds is 5. The second-order valence-corrected chi connectivity index (χ2v) is 5.00. The Balaban J connectivity index is 2.12. The zero-order chi connectivity index (χ0) is 14.4. The van der Waals surface area contributed by atoms with E-state index >= 15 is 0 Å². The molecule has 0 N–H and O–H groups in total. The maximum absolute atomic E-state index is 11.3. The molecule has 104 valence electrons. The Bertz CT molecular complexity index is 610. The minimum absolute atomic E-state index is 0.174. The first-order valence-electron chi connectivity index (χ1n) is 5.93. The van der Waals surface area contributed by atoms with Crippen LogP contribution in [-0.2, 0) is 9.53 Å². The molecule has 0 aliphatic heterocycles. The lowest BCUT2D eigenvalue weighted by atomic mass is 10.2. The molecule has 0 atom stereocenters. The first kappa shape index (κ1) is 14.7. The van der Waals surface area contributed by atoms with Crippen LogP contribution in [0.1, 0.15) is 6.92 Å². The van der Waals surface area contributed by atoms with Gasteiger partial charge in [0.15, 0.2) is 5.16 Å². The minimum Gasteiger partial charge on any atom is -0.465 e. The van der Waals surface area contributed by atoms with Crippen LogP contribution in [-0.4, -0.2) is 33.3 Å². The quantitative estimate of drug-likeness (QED) is 0.481. The number of carbonyl (C=O) groups is 1. The van der Waals surface area contributed by atoms with Gasteiger partial charge in [0.25, 0.3) is 0 Å². The molecule has 2 aromatic heterocycles. The summed E-state index contributed by atoms with van der Waals surface area (Å²) < 4.78 is 4.85. The van der Waals surface area contributed by atoms with Crippen LogP contribution in [0.2, 0.25) is 5.02 Å². The number of carbonyl (C=O) groups excluding carboxylic acids is 1. The molecule has 5 nitrogen and oxygen atoms in total. The van der Waals surface area contributed by atoms with Gasteiger partial charge in [-0.3, -0.25) is 9.78 Å². The summed E-state index contributed by atoms with van der Waals surface area (Å²) >= 11 is 7.29. The van der Waals surface area contributed by atoms with Gasteiger partial charge < -0.3 is 4.74 Å². The van der Waals surface area contributed by atoms with Crippen LogP contribution in [0.25, 0.3) is 11.4 Å². The van der Waals surface area contributed by atoms with E-state index in [0.29, 0.717) is 28.2 Å². The van der Waals surface area contributed by atoms with Crippen LogP contribution in [0.5, 0.6) is 0 Å². The summed E-state index contributed by atoms with van der Waals surface area (Å²) in [5, 5.41) is 1.00. The highest BCUT2D eigenvalue weighted by molar-refractivity contribution is 7.99. The summed E-state index contributed by atoms with van der Waals surface area (Å²) in [6.45, 7) is 2.13. The van der Waals surface area contributed by atoms with E-state index in [2.05, 4.69) is 15.0 Å². The van der Waals surface area contributed by atoms with Gasteiger partial charge in [-0.2, -0.15) is 0 Å². The van der Waals surface area contributed by atoms with Crippen molar-refractivity contribution in [3.63, 3.8) is 0 Å². The van der Waals surface area contributed by atoms with E-state index in [0.717, 1.165) is 0 Å². The molecule has 0 radical (unpaired) electrons. The first-order chi connectivity index (χ1) is 9.70. The average Bonchev–Trinajstić information content (AvgIpc) is 2.46. The molecule has 0 amide bonds. The van der Waals surface area contributed by atoms with E-state index in [4.69, 9.17) is 16.3 Å². The van der Waals surface area contributed by atoms with Gasteiger partial charge >= 0.3 is 5.97 Å². The molecule has 0 aromatic carbocycles. The number of pyridine rings is 1. The lowest BCUT2D eigenvalue weighted by Crippen LogP contribution is -2.07.